The smallest absolute Gasteiger partial charge is 0.0505 e. The van der Waals surface area contributed by atoms with Crippen LogP contribution in [0.4, 0.5) is 0 Å². The molecule has 3 heteroatoms. The summed E-state index contributed by atoms with van der Waals surface area (Å²) < 4.78 is 2.22. The summed E-state index contributed by atoms with van der Waals surface area (Å²) >= 11 is 6.65. The van der Waals surface area contributed by atoms with Crippen LogP contribution in [0.2, 0.25) is 0 Å². The van der Waals surface area contributed by atoms with Crippen molar-refractivity contribution in [3.63, 3.8) is 0 Å². The third-order valence-corrected chi connectivity index (χ3v) is 6.14. The van der Waals surface area contributed by atoms with Gasteiger partial charge in [0.05, 0.1) is 5.52 Å². The minimum Gasteiger partial charge on any atom is -0.354 e. The molecule has 0 amide bonds. The molecule has 0 aliphatic heterocycles. The quantitative estimate of drug-likeness (QED) is 0.240. The lowest BCUT2D eigenvalue weighted by Crippen LogP contribution is -2.15. The number of H-pyrrole nitrogens is 1. The number of aromatic amines is 1. The number of benzene rings is 3. The second kappa shape index (κ2) is 8.28. The van der Waals surface area contributed by atoms with Gasteiger partial charge < -0.3 is 4.98 Å². The Balaban J connectivity index is 0.000000252. The summed E-state index contributed by atoms with van der Waals surface area (Å²) in [6, 6.07) is 21.2. The molecule has 3 aromatic carbocycles. The molecular weight excluding hydrogens is 486 g/mol. The molecule has 0 bridgehead atoms. The van der Waals surface area contributed by atoms with Gasteiger partial charge in [0.2, 0.25) is 0 Å². The number of hydrogen-bond donors (Lipinski definition) is 1. The maximum Gasteiger partial charge on any atom is 0.0505 e. The van der Waals surface area contributed by atoms with Crippen LogP contribution in [0.15, 0.2) is 69.6 Å². The van der Waals surface area contributed by atoms with Crippen LogP contribution < -0.4 is 0 Å². The molecule has 1 aromatic heterocycles. The van der Waals surface area contributed by atoms with Gasteiger partial charge in [0.1, 0.15) is 0 Å². The van der Waals surface area contributed by atoms with Gasteiger partial charge in [0.15, 0.2) is 0 Å². The van der Waals surface area contributed by atoms with Crippen molar-refractivity contribution in [2.24, 2.45) is 0 Å². The molecule has 1 N–H and O–H groups in total. The lowest BCUT2D eigenvalue weighted by molar-refractivity contribution is 0.585. The van der Waals surface area contributed by atoms with E-state index >= 15 is 0 Å². The van der Waals surface area contributed by atoms with E-state index in [0.29, 0.717) is 0 Å². The fourth-order valence-corrected chi connectivity index (χ4v) is 4.17. The van der Waals surface area contributed by atoms with Gasteiger partial charge in [-0.25, -0.2) is 0 Å². The molecule has 0 saturated heterocycles. The van der Waals surface area contributed by atoms with Crippen molar-refractivity contribution in [1.29, 1.82) is 0 Å². The summed E-state index contributed by atoms with van der Waals surface area (Å²) in [5.74, 6) is 0. The standard InChI is InChI=1S/C20H25N.C6H4Br2/c1-19(2,3)14-11-12-15(20(4,5)6)18-17(14)13-9-7-8-10-16(13)21-18;7-5-1-2-6(8)4-3-5/h7-12,21H,1-6H3;1-4H. The van der Waals surface area contributed by atoms with Gasteiger partial charge in [0, 0.05) is 25.2 Å². The molecule has 0 atom stereocenters. The van der Waals surface area contributed by atoms with Crippen LogP contribution >= 0.6 is 31.9 Å². The fraction of sp³-hybridized carbons (Fsp3) is 0.308. The summed E-state index contributed by atoms with van der Waals surface area (Å²) in [5, 5.41) is 2.73. The predicted octanol–water partition coefficient (Wildman–Crippen LogP) is 9.13. The van der Waals surface area contributed by atoms with E-state index in [1.165, 1.54) is 32.9 Å². The zero-order valence-corrected chi connectivity index (χ0v) is 21.2. The topological polar surface area (TPSA) is 15.8 Å². The molecule has 0 unspecified atom stereocenters. The minimum atomic E-state index is 0.134. The van der Waals surface area contributed by atoms with Crippen LogP contribution in [0.3, 0.4) is 0 Å². The number of fused-ring (bicyclic) bond motifs is 3. The van der Waals surface area contributed by atoms with E-state index in [4.69, 9.17) is 0 Å². The Morgan fingerprint density at radius 3 is 1.62 bits per heavy atom. The highest BCUT2D eigenvalue weighted by molar-refractivity contribution is 9.11. The van der Waals surface area contributed by atoms with Crippen molar-refractivity contribution in [2.75, 3.05) is 0 Å². The molecule has 0 radical (unpaired) electrons. The third-order valence-electron chi connectivity index (χ3n) is 5.08. The van der Waals surface area contributed by atoms with E-state index < -0.39 is 0 Å². The number of hydrogen-bond acceptors (Lipinski definition) is 0. The van der Waals surface area contributed by atoms with Gasteiger partial charge in [0.25, 0.3) is 0 Å². The molecule has 0 aliphatic carbocycles. The SMILES string of the molecule is Brc1ccc(Br)cc1.CC(C)(C)c1ccc(C(C)(C)C)c2c1[nH]c1ccccc12. The van der Waals surface area contributed by atoms with Gasteiger partial charge in [-0.15, -0.1) is 0 Å². The highest BCUT2D eigenvalue weighted by Crippen LogP contribution is 2.39. The van der Waals surface area contributed by atoms with Crippen LogP contribution in [-0.4, -0.2) is 4.98 Å². The Morgan fingerprint density at radius 1 is 0.621 bits per heavy atom. The summed E-state index contributed by atoms with van der Waals surface area (Å²) in [6.07, 6.45) is 0. The molecule has 0 fully saturated rings. The lowest BCUT2D eigenvalue weighted by Gasteiger charge is -2.25. The Kier molecular flexibility index (Phi) is 6.31. The van der Waals surface area contributed by atoms with Crippen LogP contribution in [-0.2, 0) is 10.8 Å². The van der Waals surface area contributed by atoms with E-state index in [1.54, 1.807) is 0 Å². The minimum absolute atomic E-state index is 0.134. The highest BCUT2D eigenvalue weighted by atomic mass is 79.9. The fourth-order valence-electron chi connectivity index (χ4n) is 3.64. The average molecular weight is 515 g/mol. The normalized spacial score (nSPS) is 12.1. The Labute approximate surface area is 191 Å². The molecule has 152 valence electrons. The Morgan fingerprint density at radius 2 is 1.10 bits per heavy atom. The molecule has 0 saturated carbocycles. The molecule has 0 aliphatic rings. The van der Waals surface area contributed by atoms with Gasteiger partial charge in [-0.1, -0.05) is 104 Å². The number of rotatable bonds is 0. The summed E-state index contributed by atoms with van der Waals surface area (Å²) in [5.41, 5.74) is 5.62. The lowest BCUT2D eigenvalue weighted by atomic mass is 9.79. The van der Waals surface area contributed by atoms with Crippen molar-refractivity contribution in [3.8, 4) is 0 Å². The Bertz CT molecular complexity index is 1100. The van der Waals surface area contributed by atoms with Gasteiger partial charge in [-0.2, -0.15) is 0 Å². The first-order valence-corrected chi connectivity index (χ1v) is 11.5. The highest BCUT2D eigenvalue weighted by Gasteiger charge is 2.24. The van der Waals surface area contributed by atoms with Crippen LogP contribution in [0.25, 0.3) is 21.8 Å². The van der Waals surface area contributed by atoms with Crippen LogP contribution in [0.1, 0.15) is 52.7 Å². The monoisotopic (exact) mass is 513 g/mol. The summed E-state index contributed by atoms with van der Waals surface area (Å²) in [6.45, 7) is 13.7. The van der Waals surface area contributed by atoms with Crippen molar-refractivity contribution in [2.45, 2.75) is 52.4 Å². The molecule has 1 heterocycles. The molecule has 4 rings (SSSR count). The van der Waals surface area contributed by atoms with Crippen molar-refractivity contribution >= 4 is 53.7 Å². The molecule has 29 heavy (non-hydrogen) atoms. The van der Waals surface area contributed by atoms with Crippen LogP contribution in [0.5, 0.6) is 0 Å². The third kappa shape index (κ3) is 4.95. The van der Waals surface area contributed by atoms with Crippen molar-refractivity contribution in [3.05, 3.63) is 80.7 Å². The van der Waals surface area contributed by atoms with E-state index in [1.807, 2.05) is 24.3 Å². The first-order valence-electron chi connectivity index (χ1n) is 9.94. The van der Waals surface area contributed by atoms with E-state index in [9.17, 15) is 0 Å². The van der Waals surface area contributed by atoms with Gasteiger partial charge in [-0.3, -0.25) is 0 Å². The number of para-hydroxylation sites is 1. The zero-order chi connectivity index (χ0) is 21.4. The predicted molar refractivity (Wildman–Crippen MR) is 135 cm³/mol. The maximum atomic E-state index is 3.67. The Hall–Kier alpha value is -1.58. The second-order valence-corrected chi connectivity index (χ2v) is 11.3. The largest absolute Gasteiger partial charge is 0.354 e. The average Bonchev–Trinajstić information content (AvgIpc) is 3.01. The first-order chi connectivity index (χ1) is 13.5. The van der Waals surface area contributed by atoms with Gasteiger partial charge in [-0.05, 0) is 52.3 Å². The molecule has 1 nitrogen and oxygen atoms in total. The number of nitrogens with one attached hydrogen (secondary N) is 1. The maximum absolute atomic E-state index is 3.67. The first kappa shape index (κ1) is 22.1. The summed E-state index contributed by atoms with van der Waals surface area (Å²) in [7, 11) is 0. The van der Waals surface area contributed by atoms with Crippen molar-refractivity contribution in [1.82, 2.24) is 4.98 Å². The van der Waals surface area contributed by atoms with E-state index in [0.717, 1.165) is 8.95 Å². The zero-order valence-electron chi connectivity index (χ0n) is 18.0. The molecule has 4 aromatic rings. The van der Waals surface area contributed by atoms with E-state index in [2.05, 4.69) is 115 Å². The van der Waals surface area contributed by atoms with Crippen molar-refractivity contribution < 1.29 is 0 Å². The number of aromatic nitrogens is 1. The van der Waals surface area contributed by atoms with E-state index in [-0.39, 0.29) is 10.8 Å². The summed E-state index contributed by atoms with van der Waals surface area (Å²) in [4.78, 5) is 3.67. The van der Waals surface area contributed by atoms with Crippen LogP contribution in [0, 0.1) is 0 Å². The second-order valence-electron chi connectivity index (χ2n) is 9.52. The van der Waals surface area contributed by atoms with Gasteiger partial charge >= 0.3 is 0 Å². The molecular formula is C26H29Br2N. The molecule has 0 spiro atoms. The number of halogens is 2.